The van der Waals surface area contributed by atoms with Crippen LogP contribution < -0.4 is 5.32 Å². The molecule has 0 aromatic carbocycles. The van der Waals surface area contributed by atoms with Crippen LogP contribution in [0.2, 0.25) is 0 Å². The smallest absolute Gasteiger partial charge is 0.343 e. The normalized spacial score (nSPS) is 12.1. The van der Waals surface area contributed by atoms with Crippen molar-refractivity contribution in [3.63, 3.8) is 0 Å². The van der Waals surface area contributed by atoms with Gasteiger partial charge in [0.15, 0.2) is 0 Å². The van der Waals surface area contributed by atoms with E-state index in [-0.39, 0.29) is 17.2 Å². The second-order valence-corrected chi connectivity index (χ2v) is 5.00. The van der Waals surface area contributed by atoms with E-state index < -0.39 is 18.6 Å². The number of alkyl halides is 3. The summed E-state index contributed by atoms with van der Waals surface area (Å²) in [5.74, 6) is -0.832. The summed E-state index contributed by atoms with van der Waals surface area (Å²) in [7, 11) is 0. The Labute approximate surface area is 118 Å². The van der Waals surface area contributed by atoms with E-state index in [4.69, 9.17) is 4.52 Å². The van der Waals surface area contributed by atoms with Gasteiger partial charge in [0.1, 0.15) is 6.54 Å². The van der Waals surface area contributed by atoms with Crippen molar-refractivity contribution >= 4 is 17.0 Å². The first-order valence-electron chi connectivity index (χ1n) is 6.31. The lowest BCUT2D eigenvalue weighted by Crippen LogP contribution is -2.34. The summed E-state index contributed by atoms with van der Waals surface area (Å²) < 4.78 is 41.7. The molecule has 0 fully saturated rings. The maximum atomic E-state index is 12.2. The number of hydrogen-bond acceptors (Lipinski definition) is 4. The molecular weight excluding hydrogens is 287 g/mol. The number of pyridine rings is 1. The molecule has 0 aliphatic heterocycles. The number of carbonyl (C=O) groups is 1. The Bertz CT molecular complexity index is 677. The van der Waals surface area contributed by atoms with Crippen molar-refractivity contribution in [2.45, 2.75) is 32.9 Å². The molecule has 1 amide bonds. The Hall–Kier alpha value is -2.12. The molecule has 0 atom stereocenters. The van der Waals surface area contributed by atoms with Crippen molar-refractivity contribution in [1.29, 1.82) is 0 Å². The van der Waals surface area contributed by atoms with Crippen LogP contribution in [-0.4, -0.2) is 28.8 Å². The number of nitrogens with one attached hydrogen (secondary N) is 1. The van der Waals surface area contributed by atoms with Crippen LogP contribution in [-0.2, 0) is 0 Å². The lowest BCUT2D eigenvalue weighted by atomic mass is 10.0. The number of amides is 1. The molecule has 0 saturated heterocycles. The number of aromatic nitrogens is 2. The number of carbonyl (C=O) groups excluding carboxylic acids is 1. The first-order valence-corrected chi connectivity index (χ1v) is 6.31. The summed E-state index contributed by atoms with van der Waals surface area (Å²) in [6, 6.07) is 1.48. The van der Waals surface area contributed by atoms with Crippen LogP contribution in [0, 0.1) is 6.92 Å². The van der Waals surface area contributed by atoms with Crippen LogP contribution in [0.25, 0.3) is 11.1 Å². The topological polar surface area (TPSA) is 68.0 Å². The van der Waals surface area contributed by atoms with Gasteiger partial charge in [-0.3, -0.25) is 4.79 Å². The summed E-state index contributed by atoms with van der Waals surface area (Å²) in [4.78, 5) is 16.2. The fourth-order valence-corrected chi connectivity index (χ4v) is 1.86. The van der Waals surface area contributed by atoms with E-state index in [2.05, 4.69) is 10.1 Å². The number of fused-ring (bicyclic) bond motifs is 1. The summed E-state index contributed by atoms with van der Waals surface area (Å²) in [6.45, 7) is 3.92. The third-order valence-corrected chi connectivity index (χ3v) is 2.92. The van der Waals surface area contributed by atoms with Crippen molar-refractivity contribution < 1.29 is 22.5 Å². The molecule has 0 radical (unpaired) electrons. The zero-order chi connectivity index (χ0) is 15.8. The Morgan fingerprint density at radius 2 is 2.10 bits per heavy atom. The van der Waals surface area contributed by atoms with E-state index in [0.29, 0.717) is 16.8 Å². The third-order valence-electron chi connectivity index (χ3n) is 2.92. The zero-order valence-corrected chi connectivity index (χ0v) is 11.7. The summed E-state index contributed by atoms with van der Waals surface area (Å²) in [5.41, 5.74) is 1.20. The van der Waals surface area contributed by atoms with Gasteiger partial charge >= 0.3 is 6.18 Å². The van der Waals surface area contributed by atoms with Gasteiger partial charge in [-0.15, -0.1) is 0 Å². The summed E-state index contributed by atoms with van der Waals surface area (Å²) >= 11 is 0. The van der Waals surface area contributed by atoms with Crippen molar-refractivity contribution in [3.8, 4) is 0 Å². The first kappa shape index (κ1) is 15.3. The molecular formula is C13H14F3N3O2. The SMILES string of the molecule is Cc1noc2nc(C(C)C)cc(C(=O)NCC(F)(F)F)c12. The van der Waals surface area contributed by atoms with E-state index in [1.807, 2.05) is 19.2 Å². The van der Waals surface area contributed by atoms with Crippen molar-refractivity contribution in [2.24, 2.45) is 0 Å². The fraction of sp³-hybridized carbons (Fsp3) is 0.462. The van der Waals surface area contributed by atoms with E-state index in [0.717, 1.165) is 0 Å². The standard InChI is InChI=1S/C13H14F3N3O2/c1-6(2)9-4-8(11(20)17-5-13(14,15)16)10-7(3)19-21-12(10)18-9/h4,6H,5H2,1-3H3,(H,17,20). The van der Waals surface area contributed by atoms with Crippen molar-refractivity contribution in [2.75, 3.05) is 6.54 Å². The molecule has 2 rings (SSSR count). The van der Waals surface area contributed by atoms with Gasteiger partial charge in [-0.2, -0.15) is 13.2 Å². The van der Waals surface area contributed by atoms with E-state index in [1.165, 1.54) is 6.07 Å². The number of halogens is 3. The number of aryl methyl sites for hydroxylation is 1. The highest BCUT2D eigenvalue weighted by Crippen LogP contribution is 2.25. The van der Waals surface area contributed by atoms with Crippen LogP contribution in [0.3, 0.4) is 0 Å². The fourth-order valence-electron chi connectivity index (χ4n) is 1.86. The predicted molar refractivity (Wildman–Crippen MR) is 69.0 cm³/mol. The van der Waals surface area contributed by atoms with Gasteiger partial charge in [-0.1, -0.05) is 19.0 Å². The second-order valence-electron chi connectivity index (χ2n) is 5.00. The molecule has 2 aromatic heterocycles. The zero-order valence-electron chi connectivity index (χ0n) is 11.7. The highest BCUT2D eigenvalue weighted by molar-refractivity contribution is 6.06. The number of rotatable bonds is 3. The van der Waals surface area contributed by atoms with Crippen LogP contribution in [0.15, 0.2) is 10.6 Å². The van der Waals surface area contributed by atoms with Crippen LogP contribution in [0.4, 0.5) is 13.2 Å². The summed E-state index contributed by atoms with van der Waals surface area (Å²) in [5, 5.41) is 5.89. The minimum absolute atomic E-state index is 0.00558. The molecule has 2 aromatic rings. The second kappa shape index (κ2) is 5.34. The van der Waals surface area contributed by atoms with Gasteiger partial charge in [0.2, 0.25) is 0 Å². The highest BCUT2D eigenvalue weighted by Gasteiger charge is 2.29. The molecule has 8 heteroatoms. The average molecular weight is 301 g/mol. The Morgan fingerprint density at radius 3 is 2.67 bits per heavy atom. The molecule has 1 N–H and O–H groups in total. The molecule has 0 saturated carbocycles. The van der Waals surface area contributed by atoms with E-state index >= 15 is 0 Å². The molecule has 0 aliphatic carbocycles. The predicted octanol–water partition coefficient (Wildman–Crippen LogP) is 2.95. The van der Waals surface area contributed by atoms with Gasteiger partial charge in [0.05, 0.1) is 16.6 Å². The quantitative estimate of drug-likeness (QED) is 0.946. The van der Waals surface area contributed by atoms with Gasteiger partial charge in [-0.25, -0.2) is 4.98 Å². The Morgan fingerprint density at radius 1 is 1.43 bits per heavy atom. The lowest BCUT2D eigenvalue weighted by molar-refractivity contribution is -0.123. The minimum atomic E-state index is -4.47. The van der Waals surface area contributed by atoms with Crippen molar-refractivity contribution in [1.82, 2.24) is 15.5 Å². The maximum Gasteiger partial charge on any atom is 0.405 e. The minimum Gasteiger partial charge on any atom is -0.343 e. The van der Waals surface area contributed by atoms with Crippen LogP contribution in [0.1, 0.15) is 41.5 Å². The maximum absolute atomic E-state index is 12.2. The Balaban J connectivity index is 2.45. The van der Waals surface area contributed by atoms with E-state index in [9.17, 15) is 18.0 Å². The van der Waals surface area contributed by atoms with Gasteiger partial charge in [-0.05, 0) is 18.9 Å². The molecule has 0 unspecified atom stereocenters. The molecule has 2 heterocycles. The third kappa shape index (κ3) is 3.32. The molecule has 21 heavy (non-hydrogen) atoms. The molecule has 5 nitrogen and oxygen atoms in total. The monoisotopic (exact) mass is 301 g/mol. The number of nitrogens with zero attached hydrogens (tertiary/aromatic N) is 2. The number of hydrogen-bond donors (Lipinski definition) is 1. The van der Waals surface area contributed by atoms with Crippen LogP contribution in [0.5, 0.6) is 0 Å². The first-order chi connectivity index (χ1) is 9.69. The van der Waals surface area contributed by atoms with Gasteiger partial charge in [0.25, 0.3) is 11.6 Å². The lowest BCUT2D eigenvalue weighted by Gasteiger charge is -2.11. The highest BCUT2D eigenvalue weighted by atomic mass is 19.4. The van der Waals surface area contributed by atoms with Crippen molar-refractivity contribution in [3.05, 3.63) is 23.0 Å². The van der Waals surface area contributed by atoms with Gasteiger partial charge in [0, 0.05) is 5.69 Å². The largest absolute Gasteiger partial charge is 0.405 e. The van der Waals surface area contributed by atoms with Crippen LogP contribution >= 0.6 is 0 Å². The molecule has 0 bridgehead atoms. The summed E-state index contributed by atoms with van der Waals surface area (Å²) in [6.07, 6.45) is -4.47. The Kier molecular flexibility index (Phi) is 3.89. The molecule has 114 valence electrons. The molecule has 0 spiro atoms. The molecule has 0 aliphatic rings. The van der Waals surface area contributed by atoms with E-state index in [1.54, 1.807) is 6.92 Å². The average Bonchev–Trinajstić information content (AvgIpc) is 2.76. The van der Waals surface area contributed by atoms with Gasteiger partial charge < -0.3 is 9.84 Å².